The minimum atomic E-state index is -1.18. The molecule has 5 aliphatic rings. The van der Waals surface area contributed by atoms with Gasteiger partial charge in [0.15, 0.2) is 28.8 Å². The highest BCUT2D eigenvalue weighted by atomic mass is 16.8. The lowest BCUT2D eigenvalue weighted by molar-refractivity contribution is -0.217. The van der Waals surface area contributed by atoms with Crippen molar-refractivity contribution in [1.82, 2.24) is 24.4 Å². The number of aryl methyl sites for hydroxylation is 2. The van der Waals surface area contributed by atoms with Crippen molar-refractivity contribution in [3.8, 4) is 23.0 Å². The molecule has 0 radical (unpaired) electrons. The Morgan fingerprint density at radius 1 is 1.04 bits per heavy atom. The monoisotopic (exact) mass is 647 g/mol. The molecule has 0 aromatic heterocycles. The second-order valence-corrected chi connectivity index (χ2v) is 13.3. The first-order valence-corrected chi connectivity index (χ1v) is 16.0. The summed E-state index contributed by atoms with van der Waals surface area (Å²) in [5.74, 6) is 0.412. The number of likely N-dealkylation sites (N-methyl/N-ethyl adjacent to an activating group) is 1. The Bertz CT molecular complexity index is 1930. The Kier molecular flexibility index (Phi) is 7.87. The van der Waals surface area contributed by atoms with Crippen LogP contribution in [0.2, 0.25) is 0 Å². The van der Waals surface area contributed by atoms with E-state index < -0.39 is 35.3 Å². The third kappa shape index (κ3) is 5.12. The van der Waals surface area contributed by atoms with E-state index in [0.717, 1.165) is 30.5 Å². The van der Waals surface area contributed by atoms with Gasteiger partial charge in [0.1, 0.15) is 18.3 Å². The summed E-state index contributed by atoms with van der Waals surface area (Å²) in [6.07, 6.45) is -0.0189. The van der Waals surface area contributed by atoms with Gasteiger partial charge in [-0.25, -0.2) is 9.78 Å². The number of hydrogen-bond donors (Lipinski definition) is 3. The molecule has 2 saturated heterocycles. The van der Waals surface area contributed by atoms with Gasteiger partial charge in [0.25, 0.3) is 5.56 Å². The molecule has 1 saturated carbocycles. The highest BCUT2D eigenvalue weighted by Crippen LogP contribution is 2.55. The summed E-state index contributed by atoms with van der Waals surface area (Å²) in [4.78, 5) is 38.2. The van der Waals surface area contributed by atoms with E-state index in [-0.39, 0.29) is 36.1 Å². The molecule has 2 aromatic carbocycles. The fraction of sp³-hybridized carbons (Fsp3) is 0.529. The first-order valence-electron chi connectivity index (χ1n) is 16.0. The Hall–Kier alpha value is -3.88. The molecule has 13 heteroatoms. The number of methoxy groups -OCH3 is 2. The molecule has 3 fully saturated rings. The molecule has 1 spiro atoms. The van der Waals surface area contributed by atoms with Gasteiger partial charge in [0.2, 0.25) is 0 Å². The Labute approximate surface area is 271 Å². The van der Waals surface area contributed by atoms with Crippen LogP contribution in [0.1, 0.15) is 42.4 Å². The molecule has 4 aliphatic heterocycles. The molecular formula is C34H41N5O8. The molecule has 4 heterocycles. The SMILES string of the molecule is COc1ccc([C@]23CCN(C)[C@H]2CC2(CC3)O[C@@H]([C@@H](O)Cn3c4nc(=O)[nH]c(=O)c-4nc4cc(C)c(C)cc43)[C@@H](CO)O2)cc1OC. The van der Waals surface area contributed by atoms with Crippen LogP contribution in [-0.2, 0) is 21.4 Å². The van der Waals surface area contributed by atoms with Crippen molar-refractivity contribution in [1.29, 1.82) is 0 Å². The van der Waals surface area contributed by atoms with Crippen molar-refractivity contribution >= 4 is 11.0 Å². The van der Waals surface area contributed by atoms with Crippen molar-refractivity contribution in [3.63, 3.8) is 0 Å². The summed E-state index contributed by atoms with van der Waals surface area (Å²) < 4.78 is 26.0. The Morgan fingerprint density at radius 2 is 1.81 bits per heavy atom. The van der Waals surface area contributed by atoms with Crippen LogP contribution in [0, 0.1) is 13.8 Å². The number of nitrogens with zero attached hydrogens (tertiary/aromatic N) is 4. The fourth-order valence-corrected chi connectivity index (χ4v) is 8.10. The van der Waals surface area contributed by atoms with E-state index in [1.807, 2.05) is 32.0 Å². The van der Waals surface area contributed by atoms with Crippen LogP contribution in [0.5, 0.6) is 11.5 Å². The Balaban J connectivity index is 1.21. The van der Waals surface area contributed by atoms with Crippen molar-refractivity contribution in [2.75, 3.05) is 34.4 Å². The van der Waals surface area contributed by atoms with Gasteiger partial charge in [-0.1, -0.05) is 6.07 Å². The molecule has 47 heavy (non-hydrogen) atoms. The molecule has 0 bridgehead atoms. The van der Waals surface area contributed by atoms with Crippen LogP contribution in [-0.4, -0.2) is 99.2 Å². The van der Waals surface area contributed by atoms with Crippen LogP contribution in [0.4, 0.5) is 0 Å². The lowest BCUT2D eigenvalue weighted by atomic mass is 9.64. The van der Waals surface area contributed by atoms with E-state index in [0.29, 0.717) is 35.4 Å². The molecule has 13 nitrogen and oxygen atoms in total. The number of benzene rings is 2. The summed E-state index contributed by atoms with van der Waals surface area (Å²) in [5, 5.41) is 22.2. The maximum Gasteiger partial charge on any atom is 0.349 e. The summed E-state index contributed by atoms with van der Waals surface area (Å²) in [7, 11) is 5.37. The number of aliphatic hydroxyl groups excluding tert-OH is 2. The van der Waals surface area contributed by atoms with Gasteiger partial charge in [0.05, 0.1) is 38.4 Å². The topological polar surface area (TPSA) is 161 Å². The molecule has 1 unspecified atom stereocenters. The van der Waals surface area contributed by atoms with E-state index in [1.54, 1.807) is 18.8 Å². The highest BCUT2D eigenvalue weighted by Gasteiger charge is 2.60. The molecule has 7 rings (SSSR count). The molecule has 250 valence electrons. The van der Waals surface area contributed by atoms with Gasteiger partial charge >= 0.3 is 5.69 Å². The lowest BCUT2D eigenvalue weighted by Crippen LogP contribution is -2.53. The zero-order valence-electron chi connectivity index (χ0n) is 27.3. The minimum Gasteiger partial charge on any atom is -0.493 e. The Morgan fingerprint density at radius 3 is 2.55 bits per heavy atom. The van der Waals surface area contributed by atoms with Crippen molar-refractivity contribution < 1.29 is 29.2 Å². The number of rotatable bonds is 7. The molecule has 0 amide bonds. The molecule has 1 aliphatic carbocycles. The normalized spacial score (nSPS) is 28.3. The number of hydrogen-bond acceptors (Lipinski definition) is 11. The van der Waals surface area contributed by atoms with Crippen LogP contribution in [0.15, 0.2) is 39.9 Å². The second-order valence-electron chi connectivity index (χ2n) is 13.3. The smallest absolute Gasteiger partial charge is 0.349 e. The van der Waals surface area contributed by atoms with E-state index in [1.165, 1.54) is 5.56 Å². The first kappa shape index (κ1) is 31.7. The zero-order valence-corrected chi connectivity index (χ0v) is 27.3. The van der Waals surface area contributed by atoms with Gasteiger partial charge < -0.3 is 38.6 Å². The van der Waals surface area contributed by atoms with E-state index in [4.69, 9.17) is 18.9 Å². The minimum absolute atomic E-state index is 0.00521. The predicted molar refractivity (Wildman–Crippen MR) is 172 cm³/mol. The van der Waals surface area contributed by atoms with Gasteiger partial charge in [-0.3, -0.25) is 9.78 Å². The van der Waals surface area contributed by atoms with Crippen molar-refractivity contribution in [2.24, 2.45) is 0 Å². The van der Waals surface area contributed by atoms with Crippen molar-refractivity contribution in [3.05, 3.63) is 67.9 Å². The van der Waals surface area contributed by atoms with Crippen LogP contribution in [0.3, 0.4) is 0 Å². The number of aromatic amines is 1. The fourth-order valence-electron chi connectivity index (χ4n) is 8.10. The number of aromatic nitrogens is 4. The molecule has 2 aromatic rings. The van der Waals surface area contributed by atoms with Gasteiger partial charge in [0, 0.05) is 24.3 Å². The standard InChI is InChI=1S/C34H41N5O8/c1-18-12-21-22(13-19(18)2)39(30-28(35-21)31(42)37-32(43)36-30)16-23(41)29-26(17-40)46-34(47-29)9-8-33(10-11-38(3)27(33)15-34)20-6-7-24(44-4)25(14-20)45-5/h6-7,12-14,23,26-27,29,40-41H,8-11,15-17H2,1-5H3,(H,37,42,43)/t23-,26+,27-,29-,33-,34?/m0/s1. The largest absolute Gasteiger partial charge is 0.493 e. The van der Waals surface area contributed by atoms with Crippen LogP contribution >= 0.6 is 0 Å². The number of H-pyrrole nitrogens is 1. The summed E-state index contributed by atoms with van der Waals surface area (Å²) in [5.41, 5.74) is 2.64. The van der Waals surface area contributed by atoms with Gasteiger partial charge in [-0.2, -0.15) is 4.98 Å². The van der Waals surface area contributed by atoms with E-state index in [2.05, 4.69) is 39.0 Å². The summed E-state index contributed by atoms with van der Waals surface area (Å²) in [6, 6.07) is 9.97. The molecule has 6 atom stereocenters. The summed E-state index contributed by atoms with van der Waals surface area (Å²) >= 11 is 0. The number of ether oxygens (including phenoxy) is 4. The van der Waals surface area contributed by atoms with Gasteiger partial charge in [-0.15, -0.1) is 0 Å². The quantitative estimate of drug-likeness (QED) is 0.251. The summed E-state index contributed by atoms with van der Waals surface area (Å²) in [6.45, 7) is 4.37. The third-order valence-corrected chi connectivity index (χ3v) is 10.7. The third-order valence-electron chi connectivity index (χ3n) is 10.7. The van der Waals surface area contributed by atoms with Crippen LogP contribution in [0.25, 0.3) is 22.6 Å². The average molecular weight is 648 g/mol. The highest BCUT2D eigenvalue weighted by molar-refractivity contribution is 5.81. The second kappa shape index (κ2) is 11.7. The van der Waals surface area contributed by atoms with Crippen LogP contribution < -0.4 is 20.7 Å². The van der Waals surface area contributed by atoms with E-state index >= 15 is 0 Å². The maximum atomic E-state index is 12.8. The first-order chi connectivity index (χ1) is 22.5. The van der Waals surface area contributed by atoms with Crippen molar-refractivity contribution in [2.45, 2.75) is 81.6 Å². The molecular weight excluding hydrogens is 606 g/mol. The number of nitrogens with one attached hydrogen (secondary N) is 1. The number of aliphatic hydroxyl groups is 2. The maximum absolute atomic E-state index is 12.8. The lowest BCUT2D eigenvalue weighted by Gasteiger charge is -2.48. The number of likely N-dealkylation sites (tertiary alicyclic amines) is 1. The van der Waals surface area contributed by atoms with Gasteiger partial charge in [-0.05, 0) is 81.2 Å². The predicted octanol–water partition coefficient (Wildman–Crippen LogP) is 1.88. The zero-order chi connectivity index (χ0) is 33.2. The average Bonchev–Trinajstić information content (AvgIpc) is 3.59. The number of fused-ring (bicyclic) bond motifs is 3. The van der Waals surface area contributed by atoms with E-state index in [9.17, 15) is 19.8 Å². The molecule has 3 N–H and O–H groups in total.